The van der Waals surface area contributed by atoms with Gasteiger partial charge in [-0.3, -0.25) is 14.5 Å². The van der Waals surface area contributed by atoms with Crippen LogP contribution in [-0.4, -0.2) is 23.2 Å². The highest BCUT2D eigenvalue weighted by Gasteiger charge is 2.45. The van der Waals surface area contributed by atoms with E-state index in [1.165, 1.54) is 28.4 Å². The summed E-state index contributed by atoms with van der Waals surface area (Å²) < 4.78 is 24.9. The molecule has 0 aliphatic carbocycles. The van der Waals surface area contributed by atoms with Gasteiger partial charge < -0.3 is 9.15 Å². The van der Waals surface area contributed by atoms with Crippen LogP contribution in [0.15, 0.2) is 51.7 Å². The monoisotopic (exact) mass is 451 g/mol. The van der Waals surface area contributed by atoms with Gasteiger partial charge in [0.25, 0.3) is 5.91 Å². The third-order valence-electron chi connectivity index (χ3n) is 5.39. The summed E-state index contributed by atoms with van der Waals surface area (Å²) in [5, 5.41) is 9.66. The quantitative estimate of drug-likeness (QED) is 0.444. The molecule has 2 aromatic carbocycles. The van der Waals surface area contributed by atoms with Gasteiger partial charge in [0.15, 0.2) is 5.43 Å². The Bertz CT molecular complexity index is 1400. The Morgan fingerprint density at radius 2 is 1.94 bits per heavy atom. The van der Waals surface area contributed by atoms with Crippen LogP contribution < -0.4 is 15.1 Å². The number of amides is 1. The van der Waals surface area contributed by atoms with Crippen LogP contribution >= 0.6 is 11.3 Å². The SMILES string of the molecule is CCCc1nnc(N2C(=O)c3oc4ccc(F)cc4c(=O)c3[C@H]2c2ccc(OC)cc2)s1. The molecule has 0 unspecified atom stereocenters. The fourth-order valence-electron chi connectivity index (χ4n) is 3.90. The number of hydrogen-bond donors (Lipinski definition) is 0. The van der Waals surface area contributed by atoms with Gasteiger partial charge >= 0.3 is 0 Å². The van der Waals surface area contributed by atoms with Crippen molar-refractivity contribution in [2.24, 2.45) is 0 Å². The summed E-state index contributed by atoms with van der Waals surface area (Å²) in [6.07, 6.45) is 1.63. The van der Waals surface area contributed by atoms with Crippen molar-refractivity contribution < 1.29 is 18.3 Å². The van der Waals surface area contributed by atoms with Crippen LogP contribution in [0.25, 0.3) is 11.0 Å². The van der Waals surface area contributed by atoms with Crippen LogP contribution in [0.4, 0.5) is 9.52 Å². The van der Waals surface area contributed by atoms with Gasteiger partial charge in [0.2, 0.25) is 10.9 Å². The molecule has 9 heteroatoms. The Morgan fingerprint density at radius 1 is 1.16 bits per heavy atom. The van der Waals surface area contributed by atoms with Crippen molar-refractivity contribution in [2.75, 3.05) is 12.0 Å². The number of halogens is 1. The molecule has 1 amide bonds. The van der Waals surface area contributed by atoms with E-state index in [0.717, 1.165) is 23.9 Å². The predicted octanol–water partition coefficient (Wildman–Crippen LogP) is 4.49. The first-order valence-electron chi connectivity index (χ1n) is 10.1. The number of aryl methyl sites for hydroxylation is 1. The second kappa shape index (κ2) is 7.83. The van der Waals surface area contributed by atoms with E-state index < -0.39 is 23.2 Å². The first-order valence-corrected chi connectivity index (χ1v) is 10.9. The lowest BCUT2D eigenvalue weighted by Crippen LogP contribution is -2.29. The molecule has 162 valence electrons. The third kappa shape index (κ3) is 3.16. The number of ether oxygens (including phenoxy) is 1. The molecule has 32 heavy (non-hydrogen) atoms. The summed E-state index contributed by atoms with van der Waals surface area (Å²) >= 11 is 1.30. The van der Waals surface area contributed by atoms with Gasteiger partial charge in [-0.25, -0.2) is 4.39 Å². The van der Waals surface area contributed by atoms with Crippen molar-refractivity contribution in [3.63, 3.8) is 0 Å². The maximum atomic E-state index is 13.9. The van der Waals surface area contributed by atoms with E-state index in [-0.39, 0.29) is 22.3 Å². The van der Waals surface area contributed by atoms with Crippen LogP contribution in [0.1, 0.15) is 46.1 Å². The minimum Gasteiger partial charge on any atom is -0.497 e. The molecule has 0 radical (unpaired) electrons. The Labute approximate surface area is 186 Å². The molecular formula is C23H18FN3O4S. The van der Waals surface area contributed by atoms with E-state index in [0.29, 0.717) is 16.4 Å². The standard InChI is InChI=1S/C23H18FN3O4S/c1-3-4-17-25-26-23(32-17)27-19(12-5-8-14(30-2)9-6-12)18-20(28)15-11-13(24)7-10-16(15)31-21(18)22(27)29/h5-11,19H,3-4H2,1-2H3/t19-/m1/s1. The molecule has 0 fully saturated rings. The maximum Gasteiger partial charge on any atom is 0.297 e. The topological polar surface area (TPSA) is 85.5 Å². The van der Waals surface area contributed by atoms with E-state index >= 15 is 0 Å². The molecule has 1 aliphatic rings. The Morgan fingerprint density at radius 3 is 2.66 bits per heavy atom. The summed E-state index contributed by atoms with van der Waals surface area (Å²) in [4.78, 5) is 28.3. The van der Waals surface area contributed by atoms with Gasteiger partial charge in [0, 0.05) is 6.42 Å². The number of rotatable bonds is 5. The van der Waals surface area contributed by atoms with Crippen molar-refractivity contribution >= 4 is 33.3 Å². The predicted molar refractivity (Wildman–Crippen MR) is 118 cm³/mol. The molecule has 0 N–H and O–H groups in total. The van der Waals surface area contributed by atoms with Gasteiger partial charge in [-0.15, -0.1) is 10.2 Å². The maximum absolute atomic E-state index is 13.9. The fourth-order valence-corrected chi connectivity index (χ4v) is 4.87. The Hall–Kier alpha value is -3.59. The molecule has 5 rings (SSSR count). The molecule has 0 saturated carbocycles. The number of benzene rings is 2. The molecule has 0 bridgehead atoms. The Balaban J connectivity index is 1.75. The van der Waals surface area contributed by atoms with Crippen molar-refractivity contribution in [1.29, 1.82) is 0 Å². The highest BCUT2D eigenvalue weighted by molar-refractivity contribution is 7.15. The number of carbonyl (C=O) groups is 1. The van der Waals surface area contributed by atoms with E-state index in [1.807, 2.05) is 6.92 Å². The van der Waals surface area contributed by atoms with Crippen molar-refractivity contribution in [3.05, 3.63) is 80.4 Å². The van der Waals surface area contributed by atoms with Gasteiger partial charge in [0.1, 0.15) is 22.2 Å². The molecule has 4 aromatic rings. The van der Waals surface area contributed by atoms with Crippen LogP contribution in [0.3, 0.4) is 0 Å². The first-order chi connectivity index (χ1) is 15.5. The lowest BCUT2D eigenvalue weighted by molar-refractivity contribution is 0.0970. The number of aromatic nitrogens is 2. The zero-order valence-electron chi connectivity index (χ0n) is 17.3. The molecular weight excluding hydrogens is 433 g/mol. The zero-order chi connectivity index (χ0) is 22.4. The normalized spacial score (nSPS) is 15.4. The number of nitrogens with zero attached hydrogens (tertiary/aromatic N) is 3. The van der Waals surface area contributed by atoms with Crippen LogP contribution in [-0.2, 0) is 6.42 Å². The zero-order valence-corrected chi connectivity index (χ0v) is 18.1. The fraction of sp³-hybridized carbons (Fsp3) is 0.217. The van der Waals surface area contributed by atoms with Crippen LogP contribution in [0.2, 0.25) is 0 Å². The van der Waals surface area contributed by atoms with Gasteiger partial charge in [-0.1, -0.05) is 30.4 Å². The van der Waals surface area contributed by atoms with Crippen molar-refractivity contribution in [1.82, 2.24) is 10.2 Å². The number of fused-ring (bicyclic) bond motifs is 2. The number of carbonyl (C=O) groups excluding carboxylic acids is 1. The van der Waals surface area contributed by atoms with E-state index in [4.69, 9.17) is 9.15 Å². The summed E-state index contributed by atoms with van der Waals surface area (Å²) in [5.41, 5.74) is 0.539. The highest BCUT2D eigenvalue weighted by Crippen LogP contribution is 2.42. The molecule has 0 spiro atoms. The van der Waals surface area contributed by atoms with Gasteiger partial charge in [-0.2, -0.15) is 0 Å². The average molecular weight is 451 g/mol. The van der Waals surface area contributed by atoms with Gasteiger partial charge in [-0.05, 0) is 42.3 Å². The van der Waals surface area contributed by atoms with E-state index in [1.54, 1.807) is 31.4 Å². The lowest BCUT2D eigenvalue weighted by atomic mass is 9.98. The molecule has 7 nitrogen and oxygen atoms in total. The molecule has 1 atom stereocenters. The van der Waals surface area contributed by atoms with Crippen molar-refractivity contribution in [3.8, 4) is 5.75 Å². The summed E-state index contributed by atoms with van der Waals surface area (Å²) in [6, 6.07) is 9.96. The van der Waals surface area contributed by atoms with Crippen molar-refractivity contribution in [2.45, 2.75) is 25.8 Å². The first kappa shape index (κ1) is 20.3. The smallest absolute Gasteiger partial charge is 0.297 e. The van der Waals surface area contributed by atoms with E-state index in [9.17, 15) is 14.0 Å². The van der Waals surface area contributed by atoms with Gasteiger partial charge in [0.05, 0.1) is 24.1 Å². The minimum absolute atomic E-state index is 0.0674. The molecule has 3 heterocycles. The minimum atomic E-state index is -0.783. The number of anilines is 1. The summed E-state index contributed by atoms with van der Waals surface area (Å²) in [5.74, 6) is -0.468. The lowest BCUT2D eigenvalue weighted by Gasteiger charge is -2.22. The largest absolute Gasteiger partial charge is 0.497 e. The molecule has 0 saturated heterocycles. The van der Waals surface area contributed by atoms with Crippen LogP contribution in [0, 0.1) is 5.82 Å². The molecule has 1 aliphatic heterocycles. The summed E-state index contributed by atoms with van der Waals surface area (Å²) in [7, 11) is 1.56. The number of hydrogen-bond acceptors (Lipinski definition) is 7. The average Bonchev–Trinajstić information content (AvgIpc) is 3.37. The Kier molecular flexibility index (Phi) is 4.97. The number of methoxy groups -OCH3 is 1. The second-order valence-electron chi connectivity index (χ2n) is 7.39. The van der Waals surface area contributed by atoms with E-state index in [2.05, 4.69) is 10.2 Å². The highest BCUT2D eigenvalue weighted by atomic mass is 32.1. The second-order valence-corrected chi connectivity index (χ2v) is 8.43. The summed E-state index contributed by atoms with van der Waals surface area (Å²) in [6.45, 7) is 2.03. The molecule has 2 aromatic heterocycles. The van der Waals surface area contributed by atoms with Crippen LogP contribution in [0.5, 0.6) is 5.75 Å². The third-order valence-corrected chi connectivity index (χ3v) is 6.37.